The summed E-state index contributed by atoms with van der Waals surface area (Å²) < 4.78 is 0. The van der Waals surface area contributed by atoms with Gasteiger partial charge in [-0.15, -0.1) is 0 Å². The van der Waals surface area contributed by atoms with Gasteiger partial charge in [0.1, 0.15) is 0 Å². The Morgan fingerprint density at radius 2 is 1.53 bits per heavy atom. The first kappa shape index (κ1) is 14.5. The molecule has 2 nitrogen and oxygen atoms in total. The molecule has 2 heteroatoms. The van der Waals surface area contributed by atoms with Gasteiger partial charge in [-0.05, 0) is 38.4 Å². The van der Waals surface area contributed by atoms with Crippen LogP contribution < -0.4 is 0 Å². The second-order valence-corrected chi connectivity index (χ2v) is 5.79. The molecule has 0 amide bonds. The number of unbranched alkanes of at least 4 members (excludes halogenated alkanes) is 3. The monoisotopic (exact) mass is 260 g/mol. The van der Waals surface area contributed by atoms with Gasteiger partial charge in [0, 0.05) is 26.2 Å². The standard InChI is InChI=1S/C17H28N2/c1-18-13-15-19(16-14-18)12-8-3-2-5-9-17-10-6-4-7-11-17/h4,6-7,10-11H,2-3,5,8-9,12-16H2,1H3. The predicted molar refractivity (Wildman–Crippen MR) is 82.6 cm³/mol. The van der Waals surface area contributed by atoms with Crippen molar-refractivity contribution in [2.45, 2.75) is 32.1 Å². The minimum Gasteiger partial charge on any atom is -0.304 e. The van der Waals surface area contributed by atoms with E-state index in [1.165, 1.54) is 70.4 Å². The van der Waals surface area contributed by atoms with E-state index in [4.69, 9.17) is 0 Å². The normalized spacial score (nSPS) is 17.7. The fourth-order valence-corrected chi connectivity index (χ4v) is 2.73. The number of rotatable bonds is 7. The van der Waals surface area contributed by atoms with Gasteiger partial charge in [0.2, 0.25) is 0 Å². The van der Waals surface area contributed by atoms with Crippen molar-refractivity contribution in [3.63, 3.8) is 0 Å². The Morgan fingerprint density at radius 3 is 2.26 bits per heavy atom. The molecular weight excluding hydrogens is 232 g/mol. The van der Waals surface area contributed by atoms with Gasteiger partial charge in [0.25, 0.3) is 0 Å². The van der Waals surface area contributed by atoms with Gasteiger partial charge >= 0.3 is 0 Å². The summed E-state index contributed by atoms with van der Waals surface area (Å²) in [6.07, 6.45) is 6.72. The van der Waals surface area contributed by atoms with Gasteiger partial charge in [-0.3, -0.25) is 0 Å². The number of piperazine rings is 1. The first-order valence-electron chi connectivity index (χ1n) is 7.79. The maximum Gasteiger partial charge on any atom is 0.0110 e. The third kappa shape index (κ3) is 5.75. The van der Waals surface area contributed by atoms with Gasteiger partial charge in [-0.2, -0.15) is 0 Å². The third-order valence-corrected chi connectivity index (χ3v) is 4.13. The molecule has 1 aromatic rings. The van der Waals surface area contributed by atoms with Crippen LogP contribution in [-0.4, -0.2) is 49.6 Å². The van der Waals surface area contributed by atoms with Crippen LogP contribution in [0.15, 0.2) is 30.3 Å². The highest BCUT2D eigenvalue weighted by atomic mass is 15.2. The summed E-state index contributed by atoms with van der Waals surface area (Å²) in [5.41, 5.74) is 1.49. The molecule has 0 aromatic heterocycles. The molecule has 19 heavy (non-hydrogen) atoms. The molecule has 0 N–H and O–H groups in total. The quantitative estimate of drug-likeness (QED) is 0.695. The summed E-state index contributed by atoms with van der Waals surface area (Å²) in [5, 5.41) is 0. The van der Waals surface area contributed by atoms with Crippen molar-refractivity contribution in [3.05, 3.63) is 35.9 Å². The minimum absolute atomic E-state index is 1.24. The average Bonchev–Trinajstić information content (AvgIpc) is 2.46. The lowest BCUT2D eigenvalue weighted by Gasteiger charge is -2.32. The molecule has 1 saturated heterocycles. The highest BCUT2D eigenvalue weighted by molar-refractivity contribution is 5.14. The molecule has 0 bridgehead atoms. The molecule has 1 aliphatic heterocycles. The zero-order valence-corrected chi connectivity index (χ0v) is 12.4. The van der Waals surface area contributed by atoms with Gasteiger partial charge < -0.3 is 9.80 Å². The Morgan fingerprint density at radius 1 is 0.842 bits per heavy atom. The van der Waals surface area contributed by atoms with Crippen molar-refractivity contribution in [2.24, 2.45) is 0 Å². The molecule has 0 aliphatic carbocycles. The van der Waals surface area contributed by atoms with E-state index < -0.39 is 0 Å². The summed E-state index contributed by atoms with van der Waals surface area (Å²) in [4.78, 5) is 5.05. The third-order valence-electron chi connectivity index (χ3n) is 4.13. The summed E-state index contributed by atoms with van der Waals surface area (Å²) in [7, 11) is 2.22. The van der Waals surface area contributed by atoms with E-state index in [0.717, 1.165) is 0 Å². The minimum atomic E-state index is 1.24. The molecule has 1 aromatic carbocycles. The number of likely N-dealkylation sites (N-methyl/N-ethyl adjacent to an activating group) is 1. The molecule has 1 aliphatic rings. The first-order valence-corrected chi connectivity index (χ1v) is 7.79. The molecule has 106 valence electrons. The first-order chi connectivity index (χ1) is 9.34. The van der Waals surface area contributed by atoms with Crippen LogP contribution in [0.25, 0.3) is 0 Å². The van der Waals surface area contributed by atoms with E-state index in [0.29, 0.717) is 0 Å². The summed E-state index contributed by atoms with van der Waals surface area (Å²) >= 11 is 0. The van der Waals surface area contributed by atoms with E-state index in [2.05, 4.69) is 47.2 Å². The lowest BCUT2D eigenvalue weighted by Crippen LogP contribution is -2.44. The largest absolute Gasteiger partial charge is 0.304 e. The fraction of sp³-hybridized carbons (Fsp3) is 0.647. The summed E-state index contributed by atoms with van der Waals surface area (Å²) in [6.45, 7) is 6.32. The van der Waals surface area contributed by atoms with Crippen LogP contribution in [0.2, 0.25) is 0 Å². The van der Waals surface area contributed by atoms with Crippen molar-refractivity contribution in [3.8, 4) is 0 Å². The summed E-state index contributed by atoms with van der Waals surface area (Å²) in [5.74, 6) is 0. The zero-order valence-electron chi connectivity index (χ0n) is 12.4. The van der Waals surface area contributed by atoms with Gasteiger partial charge in [0.05, 0.1) is 0 Å². The number of aryl methyl sites for hydroxylation is 1. The second kappa shape index (κ2) is 8.34. The lowest BCUT2D eigenvalue weighted by atomic mass is 10.1. The number of nitrogens with zero attached hydrogens (tertiary/aromatic N) is 2. The Hall–Kier alpha value is -0.860. The van der Waals surface area contributed by atoms with E-state index in [-0.39, 0.29) is 0 Å². The summed E-state index contributed by atoms with van der Waals surface area (Å²) in [6, 6.07) is 10.9. The van der Waals surface area contributed by atoms with Crippen LogP contribution in [0, 0.1) is 0 Å². The van der Waals surface area contributed by atoms with E-state index in [1.54, 1.807) is 0 Å². The maximum atomic E-state index is 2.62. The fourth-order valence-electron chi connectivity index (χ4n) is 2.73. The van der Waals surface area contributed by atoms with Crippen molar-refractivity contribution in [2.75, 3.05) is 39.8 Å². The van der Waals surface area contributed by atoms with Crippen LogP contribution in [0.3, 0.4) is 0 Å². The zero-order chi connectivity index (χ0) is 13.3. The maximum absolute atomic E-state index is 2.62. The molecule has 0 radical (unpaired) electrons. The highest BCUT2D eigenvalue weighted by Crippen LogP contribution is 2.09. The SMILES string of the molecule is CN1CCN(CCCCCCc2ccccc2)CC1. The Kier molecular flexibility index (Phi) is 6.38. The van der Waals surface area contributed by atoms with Gasteiger partial charge in [-0.1, -0.05) is 43.2 Å². The number of benzene rings is 1. The molecular formula is C17H28N2. The molecule has 2 rings (SSSR count). The van der Waals surface area contributed by atoms with Gasteiger partial charge in [0.15, 0.2) is 0 Å². The smallest absolute Gasteiger partial charge is 0.0110 e. The van der Waals surface area contributed by atoms with Crippen LogP contribution >= 0.6 is 0 Å². The van der Waals surface area contributed by atoms with Gasteiger partial charge in [-0.25, -0.2) is 0 Å². The molecule has 0 saturated carbocycles. The van der Waals surface area contributed by atoms with Crippen molar-refractivity contribution < 1.29 is 0 Å². The van der Waals surface area contributed by atoms with Crippen molar-refractivity contribution in [1.29, 1.82) is 0 Å². The predicted octanol–water partition coefficient (Wildman–Crippen LogP) is 3.04. The molecule has 0 spiro atoms. The highest BCUT2D eigenvalue weighted by Gasteiger charge is 2.12. The Labute approximate surface area is 118 Å². The lowest BCUT2D eigenvalue weighted by molar-refractivity contribution is 0.152. The Bertz CT molecular complexity index is 328. The van der Waals surface area contributed by atoms with E-state index in [1.807, 2.05) is 0 Å². The van der Waals surface area contributed by atoms with E-state index >= 15 is 0 Å². The average molecular weight is 260 g/mol. The molecule has 1 heterocycles. The molecule has 0 atom stereocenters. The Balaban J connectivity index is 1.46. The number of hydrogen-bond donors (Lipinski definition) is 0. The van der Waals surface area contributed by atoms with Crippen LogP contribution in [-0.2, 0) is 6.42 Å². The van der Waals surface area contributed by atoms with E-state index in [9.17, 15) is 0 Å². The van der Waals surface area contributed by atoms with Crippen LogP contribution in [0.4, 0.5) is 0 Å². The van der Waals surface area contributed by atoms with Crippen molar-refractivity contribution in [1.82, 2.24) is 9.80 Å². The molecule has 1 fully saturated rings. The van der Waals surface area contributed by atoms with Crippen LogP contribution in [0.1, 0.15) is 31.2 Å². The van der Waals surface area contributed by atoms with Crippen LogP contribution in [0.5, 0.6) is 0 Å². The second-order valence-electron chi connectivity index (χ2n) is 5.79. The molecule has 0 unspecified atom stereocenters. The number of hydrogen-bond acceptors (Lipinski definition) is 2. The topological polar surface area (TPSA) is 6.48 Å². The van der Waals surface area contributed by atoms with Crippen molar-refractivity contribution >= 4 is 0 Å².